The summed E-state index contributed by atoms with van der Waals surface area (Å²) < 4.78 is 2.47. The summed E-state index contributed by atoms with van der Waals surface area (Å²) in [6.45, 7) is 11.3. The van der Waals surface area contributed by atoms with Gasteiger partial charge in [-0.05, 0) is 99.0 Å². The Hall–Kier alpha value is -4.56. The van der Waals surface area contributed by atoms with Crippen LogP contribution in [-0.2, 0) is 11.1 Å². The molecule has 222 valence electrons. The fourth-order valence-corrected chi connectivity index (χ4v) is 6.92. The monoisotopic (exact) mass is 576 g/mol. The molecule has 1 aromatic heterocycles. The molecule has 6 aromatic rings. The van der Waals surface area contributed by atoms with Gasteiger partial charge in [0, 0.05) is 33.0 Å². The predicted molar refractivity (Wildman–Crippen MR) is 191 cm³/mol. The second kappa shape index (κ2) is 12.2. The SMILES string of the molecule is C/C=C\CC(CC(C)c1ccccc1)(Nc1cccc(-c2ccc3c(c2)c2ccccc2n3C(C)(C)C)c1)c1ccccc1. The first kappa shape index (κ1) is 29.5. The quantitative estimate of drug-likeness (QED) is 0.169. The fraction of sp³-hybridized carbons (Fsp3) is 0.238. The van der Waals surface area contributed by atoms with Crippen LogP contribution >= 0.6 is 0 Å². The zero-order valence-electron chi connectivity index (χ0n) is 26.7. The van der Waals surface area contributed by atoms with Crippen LogP contribution in [0.1, 0.15) is 64.5 Å². The first-order valence-corrected chi connectivity index (χ1v) is 15.9. The molecule has 0 saturated carbocycles. The van der Waals surface area contributed by atoms with Gasteiger partial charge in [-0.25, -0.2) is 0 Å². The lowest BCUT2D eigenvalue weighted by Crippen LogP contribution is -2.36. The van der Waals surface area contributed by atoms with Crippen LogP contribution in [0.25, 0.3) is 32.9 Å². The van der Waals surface area contributed by atoms with Crippen LogP contribution in [0.4, 0.5) is 5.69 Å². The summed E-state index contributed by atoms with van der Waals surface area (Å²) in [4.78, 5) is 0. The topological polar surface area (TPSA) is 17.0 Å². The molecule has 2 nitrogen and oxygen atoms in total. The molecule has 0 aliphatic heterocycles. The zero-order valence-corrected chi connectivity index (χ0v) is 26.7. The zero-order chi connectivity index (χ0) is 30.7. The van der Waals surface area contributed by atoms with E-state index in [0.29, 0.717) is 5.92 Å². The maximum absolute atomic E-state index is 4.09. The van der Waals surface area contributed by atoms with Crippen molar-refractivity contribution in [1.82, 2.24) is 4.57 Å². The van der Waals surface area contributed by atoms with E-state index in [4.69, 9.17) is 0 Å². The van der Waals surface area contributed by atoms with Gasteiger partial charge in [0.1, 0.15) is 0 Å². The molecule has 0 radical (unpaired) electrons. The molecular formula is C42H44N2. The number of para-hydroxylation sites is 1. The molecule has 2 heteroatoms. The molecule has 2 atom stereocenters. The second-order valence-corrected chi connectivity index (χ2v) is 13.2. The molecule has 0 aliphatic rings. The van der Waals surface area contributed by atoms with Gasteiger partial charge in [-0.15, -0.1) is 0 Å². The highest BCUT2D eigenvalue weighted by Gasteiger charge is 2.33. The summed E-state index contributed by atoms with van der Waals surface area (Å²) in [5, 5.41) is 6.69. The number of hydrogen-bond acceptors (Lipinski definition) is 1. The normalized spacial score (nSPS) is 14.2. The number of fused-ring (bicyclic) bond motifs is 3. The van der Waals surface area contributed by atoms with Crippen molar-refractivity contribution in [2.45, 2.75) is 64.5 Å². The summed E-state index contributed by atoms with van der Waals surface area (Å²) >= 11 is 0. The van der Waals surface area contributed by atoms with Crippen LogP contribution in [-0.4, -0.2) is 4.57 Å². The third kappa shape index (κ3) is 5.82. The number of benzene rings is 5. The predicted octanol–water partition coefficient (Wildman–Crippen LogP) is 11.7. The van der Waals surface area contributed by atoms with Gasteiger partial charge in [-0.3, -0.25) is 0 Å². The highest BCUT2D eigenvalue weighted by atomic mass is 15.0. The van der Waals surface area contributed by atoms with Gasteiger partial charge < -0.3 is 9.88 Å². The van der Waals surface area contributed by atoms with Gasteiger partial charge in [-0.2, -0.15) is 0 Å². The molecular weight excluding hydrogens is 532 g/mol. The van der Waals surface area contributed by atoms with Crippen molar-refractivity contribution in [1.29, 1.82) is 0 Å². The first-order chi connectivity index (χ1) is 21.3. The number of hydrogen-bond donors (Lipinski definition) is 1. The minimum absolute atomic E-state index is 0.0166. The third-order valence-corrected chi connectivity index (χ3v) is 8.97. The minimum atomic E-state index is -0.272. The molecule has 5 aromatic carbocycles. The molecule has 6 rings (SSSR count). The summed E-state index contributed by atoms with van der Waals surface area (Å²) in [5.74, 6) is 0.375. The highest BCUT2D eigenvalue weighted by molar-refractivity contribution is 6.09. The Morgan fingerprint density at radius 2 is 1.34 bits per heavy atom. The summed E-state index contributed by atoms with van der Waals surface area (Å²) in [6.07, 6.45) is 6.34. The van der Waals surface area contributed by atoms with Crippen LogP contribution in [0.15, 0.2) is 140 Å². The molecule has 2 unspecified atom stereocenters. The van der Waals surface area contributed by atoms with E-state index in [-0.39, 0.29) is 11.1 Å². The van der Waals surface area contributed by atoms with Crippen molar-refractivity contribution < 1.29 is 0 Å². The average Bonchev–Trinajstić information content (AvgIpc) is 3.39. The van der Waals surface area contributed by atoms with E-state index in [2.05, 4.69) is 184 Å². The second-order valence-electron chi connectivity index (χ2n) is 13.2. The van der Waals surface area contributed by atoms with Crippen molar-refractivity contribution in [2.75, 3.05) is 5.32 Å². The van der Waals surface area contributed by atoms with Gasteiger partial charge >= 0.3 is 0 Å². The largest absolute Gasteiger partial charge is 0.375 e. The van der Waals surface area contributed by atoms with E-state index >= 15 is 0 Å². The van der Waals surface area contributed by atoms with Gasteiger partial charge in [0.05, 0.1) is 5.54 Å². The van der Waals surface area contributed by atoms with E-state index in [0.717, 1.165) is 18.5 Å². The van der Waals surface area contributed by atoms with E-state index in [9.17, 15) is 0 Å². The number of nitrogens with zero attached hydrogens (tertiary/aromatic N) is 1. The Labute approximate surface area is 263 Å². The Morgan fingerprint density at radius 1 is 0.682 bits per heavy atom. The smallest absolute Gasteiger partial charge is 0.0665 e. The maximum Gasteiger partial charge on any atom is 0.0665 e. The van der Waals surface area contributed by atoms with Crippen LogP contribution in [0.3, 0.4) is 0 Å². The van der Waals surface area contributed by atoms with E-state index in [1.165, 1.54) is 44.1 Å². The Bertz CT molecular complexity index is 1890. The summed E-state index contributed by atoms with van der Waals surface area (Å²) in [7, 11) is 0. The molecule has 1 heterocycles. The Morgan fingerprint density at radius 3 is 2.07 bits per heavy atom. The van der Waals surface area contributed by atoms with Crippen molar-refractivity contribution in [3.05, 3.63) is 151 Å². The van der Waals surface area contributed by atoms with Crippen LogP contribution in [0, 0.1) is 0 Å². The lowest BCUT2D eigenvalue weighted by Gasteiger charge is -2.38. The summed E-state index contributed by atoms with van der Waals surface area (Å²) in [5.41, 5.74) is 8.53. The van der Waals surface area contributed by atoms with Crippen LogP contribution in [0.5, 0.6) is 0 Å². The number of nitrogens with one attached hydrogen (secondary N) is 1. The van der Waals surface area contributed by atoms with Crippen molar-refractivity contribution in [3.63, 3.8) is 0 Å². The number of anilines is 1. The van der Waals surface area contributed by atoms with E-state index < -0.39 is 0 Å². The molecule has 44 heavy (non-hydrogen) atoms. The van der Waals surface area contributed by atoms with E-state index in [1.54, 1.807) is 0 Å². The number of rotatable bonds is 9. The van der Waals surface area contributed by atoms with Gasteiger partial charge in [0.2, 0.25) is 0 Å². The lowest BCUT2D eigenvalue weighted by molar-refractivity contribution is 0.418. The molecule has 1 N–H and O–H groups in total. The van der Waals surface area contributed by atoms with Gasteiger partial charge in [0.25, 0.3) is 0 Å². The molecule has 0 fully saturated rings. The fourth-order valence-electron chi connectivity index (χ4n) is 6.92. The van der Waals surface area contributed by atoms with Crippen molar-refractivity contribution in [3.8, 4) is 11.1 Å². The average molecular weight is 577 g/mol. The minimum Gasteiger partial charge on any atom is -0.375 e. The third-order valence-electron chi connectivity index (χ3n) is 8.97. The molecule has 0 aliphatic carbocycles. The molecule has 0 spiro atoms. The van der Waals surface area contributed by atoms with Gasteiger partial charge in [-0.1, -0.05) is 116 Å². The van der Waals surface area contributed by atoms with Crippen molar-refractivity contribution in [2.24, 2.45) is 0 Å². The first-order valence-electron chi connectivity index (χ1n) is 15.9. The van der Waals surface area contributed by atoms with Crippen molar-refractivity contribution >= 4 is 27.5 Å². The van der Waals surface area contributed by atoms with Gasteiger partial charge in [0.15, 0.2) is 0 Å². The van der Waals surface area contributed by atoms with Crippen LogP contribution in [0.2, 0.25) is 0 Å². The number of allylic oxidation sites excluding steroid dienone is 1. The highest BCUT2D eigenvalue weighted by Crippen LogP contribution is 2.41. The van der Waals surface area contributed by atoms with E-state index in [1.807, 2.05) is 0 Å². The standard InChI is InChI=1S/C42H44N2/c1-6-7-27-42(35-20-12-9-13-21-35,30-31(2)32-17-10-8-11-18-32)43-36-22-16-19-33(28-36)34-25-26-40-38(29-34)37-23-14-15-24-39(37)44(40)41(3,4)5/h6-26,28-29,31,43H,27,30H2,1-5H3/b7-6-. The Kier molecular flexibility index (Phi) is 8.19. The maximum atomic E-state index is 4.09. The molecule has 0 bridgehead atoms. The molecule has 0 amide bonds. The number of aromatic nitrogens is 1. The molecule has 0 saturated heterocycles. The lowest BCUT2D eigenvalue weighted by atomic mass is 9.77. The Balaban J connectivity index is 1.42. The van der Waals surface area contributed by atoms with Crippen LogP contribution < -0.4 is 5.32 Å². The summed E-state index contributed by atoms with van der Waals surface area (Å²) in [6, 6.07) is 46.6.